The summed E-state index contributed by atoms with van der Waals surface area (Å²) in [6.45, 7) is 3.95. The Hall–Kier alpha value is -1.54. The molecule has 0 bridgehead atoms. The second-order valence-corrected chi connectivity index (χ2v) is 12.1. The maximum atomic E-state index is 13.1. The van der Waals surface area contributed by atoms with Crippen LogP contribution in [0.1, 0.15) is 51.5 Å². The van der Waals surface area contributed by atoms with Crippen LogP contribution < -0.4 is 9.47 Å². The molecule has 2 saturated carbocycles. The van der Waals surface area contributed by atoms with E-state index in [4.69, 9.17) is 44.9 Å². The lowest BCUT2D eigenvalue weighted by atomic mass is 9.94. The summed E-state index contributed by atoms with van der Waals surface area (Å²) in [5.41, 5.74) is 0.481. The molecule has 9 heteroatoms. The van der Waals surface area contributed by atoms with E-state index in [1.807, 2.05) is 19.9 Å². The number of methoxy groups -OCH3 is 1. The Morgan fingerprint density at radius 2 is 1.91 bits per heavy atom. The fourth-order valence-corrected chi connectivity index (χ4v) is 6.56. The minimum Gasteiger partial charge on any atom is -0.493 e. The Balaban J connectivity index is 1.49. The molecule has 3 aliphatic rings. The number of ether oxygens (including phenoxy) is 2. The van der Waals surface area contributed by atoms with E-state index in [0.717, 1.165) is 31.2 Å². The van der Waals surface area contributed by atoms with Crippen molar-refractivity contribution in [3.8, 4) is 11.5 Å². The summed E-state index contributed by atoms with van der Waals surface area (Å²) in [5.74, 6) is -0.0932. The Morgan fingerprint density at radius 1 is 1.21 bits per heavy atom. The Labute approximate surface area is 219 Å². The number of halogens is 2. The van der Waals surface area contributed by atoms with E-state index in [1.54, 1.807) is 29.2 Å². The lowest BCUT2D eigenvalue weighted by molar-refractivity contribution is -0.136. The molecule has 1 saturated heterocycles. The van der Waals surface area contributed by atoms with Gasteiger partial charge in [-0.25, -0.2) is 0 Å². The average Bonchev–Trinajstić information content (AvgIpc) is 3.20. The summed E-state index contributed by atoms with van der Waals surface area (Å²) in [6.07, 6.45) is 8.97. The largest absolute Gasteiger partial charge is 0.493 e. The zero-order chi connectivity index (χ0) is 24.6. The standard InChI is InChI=1S/C25H27Cl2NO4S2/c1-25(2)16(13-20(26)27)21(25)23(30)32-17-10-9-14(11-18(17)31-3)12-19-22(29)28(24(33)34-19)15-7-5-4-6-8-15/h9-13,15-16,21H,4-8H2,1-3H3/b19-12-/t16-,21-/m1/s1. The van der Waals surface area contributed by atoms with Crippen molar-refractivity contribution in [2.24, 2.45) is 17.3 Å². The number of amides is 1. The molecule has 2 atom stereocenters. The van der Waals surface area contributed by atoms with E-state index in [1.165, 1.54) is 25.3 Å². The van der Waals surface area contributed by atoms with Crippen LogP contribution in [-0.2, 0) is 9.59 Å². The smallest absolute Gasteiger partial charge is 0.315 e. The monoisotopic (exact) mass is 539 g/mol. The van der Waals surface area contributed by atoms with Crippen molar-refractivity contribution in [3.05, 3.63) is 39.2 Å². The maximum absolute atomic E-state index is 13.1. The van der Waals surface area contributed by atoms with Crippen molar-refractivity contribution in [3.63, 3.8) is 0 Å². The van der Waals surface area contributed by atoms with Gasteiger partial charge in [-0.2, -0.15) is 0 Å². The lowest BCUT2D eigenvalue weighted by Gasteiger charge is -2.29. The molecule has 1 heterocycles. The summed E-state index contributed by atoms with van der Waals surface area (Å²) in [7, 11) is 1.51. The molecular formula is C25H27Cl2NO4S2. The Morgan fingerprint density at radius 3 is 2.56 bits per heavy atom. The van der Waals surface area contributed by atoms with Crippen molar-refractivity contribution < 1.29 is 19.1 Å². The van der Waals surface area contributed by atoms with Gasteiger partial charge in [-0.3, -0.25) is 14.5 Å². The molecule has 2 aliphatic carbocycles. The van der Waals surface area contributed by atoms with E-state index in [2.05, 4.69) is 0 Å². The summed E-state index contributed by atoms with van der Waals surface area (Å²) >= 11 is 18.4. The molecule has 3 fully saturated rings. The highest BCUT2D eigenvalue weighted by molar-refractivity contribution is 8.26. The van der Waals surface area contributed by atoms with E-state index < -0.39 is 0 Å². The fourth-order valence-electron chi connectivity index (χ4n) is 4.89. The van der Waals surface area contributed by atoms with Crippen molar-refractivity contribution in [2.45, 2.75) is 52.0 Å². The van der Waals surface area contributed by atoms with Crippen LogP contribution in [0.3, 0.4) is 0 Å². The first kappa shape index (κ1) is 25.5. The van der Waals surface area contributed by atoms with Crippen LogP contribution >= 0.6 is 47.2 Å². The highest BCUT2D eigenvalue weighted by atomic mass is 35.5. The fraction of sp³-hybridized carbons (Fsp3) is 0.480. The van der Waals surface area contributed by atoms with E-state index in [-0.39, 0.29) is 39.7 Å². The number of esters is 1. The van der Waals surface area contributed by atoms with Gasteiger partial charge in [0.15, 0.2) is 11.5 Å². The maximum Gasteiger partial charge on any atom is 0.315 e. The summed E-state index contributed by atoms with van der Waals surface area (Å²) < 4.78 is 11.9. The topological polar surface area (TPSA) is 55.8 Å². The van der Waals surface area contributed by atoms with Crippen molar-refractivity contribution in [2.75, 3.05) is 7.11 Å². The van der Waals surface area contributed by atoms with Gasteiger partial charge in [0.25, 0.3) is 5.91 Å². The molecule has 0 aromatic heterocycles. The van der Waals surface area contributed by atoms with Gasteiger partial charge in [0.1, 0.15) is 8.81 Å². The number of hydrogen-bond donors (Lipinski definition) is 0. The Bertz CT molecular complexity index is 1070. The lowest BCUT2D eigenvalue weighted by Crippen LogP contribution is -2.39. The minimum absolute atomic E-state index is 0.0376. The van der Waals surface area contributed by atoms with Crippen molar-refractivity contribution in [1.29, 1.82) is 0 Å². The Kier molecular flexibility index (Phi) is 7.67. The molecule has 1 amide bonds. The third-order valence-corrected chi connectivity index (χ3v) is 8.51. The predicted molar refractivity (Wildman–Crippen MR) is 141 cm³/mol. The summed E-state index contributed by atoms with van der Waals surface area (Å²) in [5, 5.41) is 0. The van der Waals surface area contributed by atoms with E-state index in [0.29, 0.717) is 20.7 Å². The molecule has 0 radical (unpaired) electrons. The number of benzene rings is 1. The molecule has 5 nitrogen and oxygen atoms in total. The average molecular weight is 541 g/mol. The van der Waals surface area contributed by atoms with Gasteiger partial charge in [-0.05, 0) is 54.0 Å². The molecule has 0 unspecified atom stereocenters. The van der Waals surface area contributed by atoms with Gasteiger partial charge in [0.05, 0.1) is 17.9 Å². The number of thiocarbonyl (C=S) groups is 1. The second-order valence-electron chi connectivity index (χ2n) is 9.46. The summed E-state index contributed by atoms with van der Waals surface area (Å²) in [4.78, 5) is 28.2. The van der Waals surface area contributed by atoms with Crippen LogP contribution in [0.15, 0.2) is 33.7 Å². The van der Waals surface area contributed by atoms with Crippen LogP contribution in [0.2, 0.25) is 0 Å². The van der Waals surface area contributed by atoms with Crippen LogP contribution in [0.4, 0.5) is 0 Å². The third-order valence-electron chi connectivity index (χ3n) is 6.93. The zero-order valence-corrected chi connectivity index (χ0v) is 22.5. The van der Waals surface area contributed by atoms with Gasteiger partial charge >= 0.3 is 5.97 Å². The molecule has 0 N–H and O–H groups in total. The van der Waals surface area contributed by atoms with Gasteiger partial charge in [0.2, 0.25) is 0 Å². The van der Waals surface area contributed by atoms with Crippen LogP contribution in [0, 0.1) is 17.3 Å². The number of carbonyl (C=O) groups is 2. The molecule has 1 aromatic carbocycles. The predicted octanol–water partition coefficient (Wildman–Crippen LogP) is 6.73. The van der Waals surface area contributed by atoms with Crippen molar-refractivity contribution >= 4 is 69.5 Å². The van der Waals surface area contributed by atoms with Crippen LogP contribution in [0.5, 0.6) is 11.5 Å². The zero-order valence-electron chi connectivity index (χ0n) is 19.3. The third kappa shape index (κ3) is 5.18. The highest BCUT2D eigenvalue weighted by Crippen LogP contribution is 2.60. The number of allylic oxidation sites excluding steroid dienone is 1. The van der Waals surface area contributed by atoms with Crippen molar-refractivity contribution in [1.82, 2.24) is 4.90 Å². The number of thioether (sulfide) groups is 1. The van der Waals surface area contributed by atoms with Crippen LogP contribution in [-0.4, -0.2) is 34.2 Å². The normalized spacial score (nSPS) is 25.4. The number of carbonyl (C=O) groups excluding carboxylic acids is 2. The van der Waals surface area contributed by atoms with Gasteiger partial charge in [-0.1, -0.05) is 86.4 Å². The molecule has 34 heavy (non-hydrogen) atoms. The highest BCUT2D eigenvalue weighted by Gasteiger charge is 2.61. The summed E-state index contributed by atoms with van der Waals surface area (Å²) in [6, 6.07) is 5.42. The number of nitrogens with zero attached hydrogens (tertiary/aromatic N) is 1. The number of rotatable bonds is 6. The molecule has 0 spiro atoms. The first-order valence-corrected chi connectivity index (χ1v) is 13.3. The van der Waals surface area contributed by atoms with Gasteiger partial charge in [0, 0.05) is 6.04 Å². The molecule has 182 valence electrons. The molecule has 1 aliphatic heterocycles. The minimum atomic E-state index is -0.361. The van der Waals surface area contributed by atoms with Gasteiger partial charge < -0.3 is 9.47 Å². The molecule has 4 rings (SSSR count). The SMILES string of the molecule is COc1cc(/C=C2\SC(=S)N(C3CCCCC3)C2=O)ccc1OC(=O)[C@H]1[C@@H](C=C(Cl)Cl)C1(C)C. The quantitative estimate of drug-likeness (QED) is 0.173. The van der Waals surface area contributed by atoms with Crippen LogP contribution in [0.25, 0.3) is 6.08 Å². The van der Waals surface area contributed by atoms with E-state index in [9.17, 15) is 9.59 Å². The molecule has 1 aromatic rings. The molecular weight excluding hydrogens is 513 g/mol. The first-order valence-electron chi connectivity index (χ1n) is 11.3. The second kappa shape index (κ2) is 10.2. The van der Waals surface area contributed by atoms with Gasteiger partial charge in [-0.15, -0.1) is 0 Å². The first-order chi connectivity index (χ1) is 16.1. The van der Waals surface area contributed by atoms with E-state index >= 15 is 0 Å². The number of hydrogen-bond acceptors (Lipinski definition) is 6.